The molecule has 0 N–H and O–H groups in total. The van der Waals surface area contributed by atoms with Crippen LogP contribution in [0, 0.1) is 11.8 Å². The summed E-state index contributed by atoms with van der Waals surface area (Å²) in [4.78, 5) is 31.6. The van der Waals surface area contributed by atoms with Crippen LogP contribution in [0.1, 0.15) is 38.5 Å². The number of carbonyl (C=O) groups is 2. The van der Waals surface area contributed by atoms with Gasteiger partial charge in [0.2, 0.25) is 11.8 Å². The zero-order chi connectivity index (χ0) is 20.5. The van der Waals surface area contributed by atoms with Gasteiger partial charge in [0.1, 0.15) is 5.82 Å². The third kappa shape index (κ3) is 3.73. The van der Waals surface area contributed by atoms with Crippen molar-refractivity contribution in [2.45, 2.75) is 38.5 Å². The van der Waals surface area contributed by atoms with Gasteiger partial charge in [0.05, 0.1) is 16.5 Å². The van der Waals surface area contributed by atoms with Crippen LogP contribution < -0.4 is 4.90 Å². The van der Waals surface area contributed by atoms with E-state index in [0.29, 0.717) is 6.54 Å². The third-order valence-corrected chi connectivity index (χ3v) is 7.89. The Kier molecular flexibility index (Phi) is 5.74. The van der Waals surface area contributed by atoms with Gasteiger partial charge in [0.25, 0.3) is 0 Å². The summed E-state index contributed by atoms with van der Waals surface area (Å²) < 4.78 is 5.94. The van der Waals surface area contributed by atoms with E-state index in [4.69, 9.17) is 0 Å². The number of carbonyl (C=O) groups excluding carboxylic acids is 2. The molecule has 5 rings (SSSR count). The Morgan fingerprint density at radius 3 is 2.30 bits per heavy atom. The van der Waals surface area contributed by atoms with E-state index in [0.717, 1.165) is 77.1 Å². The SMILES string of the molecule is O=C1[C@@H]2CCCC[C@H]2C(=O)N1CCCCN1CCN(c2nsc3ccccc23)CC1. The van der Waals surface area contributed by atoms with E-state index in [1.54, 1.807) is 16.4 Å². The highest BCUT2D eigenvalue weighted by atomic mass is 32.1. The van der Waals surface area contributed by atoms with Gasteiger partial charge in [0.15, 0.2) is 0 Å². The summed E-state index contributed by atoms with van der Waals surface area (Å²) >= 11 is 1.58. The monoisotopic (exact) mass is 426 g/mol. The summed E-state index contributed by atoms with van der Waals surface area (Å²) in [6.07, 6.45) is 5.95. The molecule has 2 saturated heterocycles. The van der Waals surface area contributed by atoms with Crippen LogP contribution in [-0.4, -0.2) is 65.3 Å². The van der Waals surface area contributed by atoms with Crippen LogP contribution in [0.25, 0.3) is 10.1 Å². The number of rotatable bonds is 6. The number of piperazine rings is 1. The highest BCUT2D eigenvalue weighted by Gasteiger charge is 2.47. The number of amides is 2. The first-order chi connectivity index (χ1) is 14.7. The molecule has 1 aromatic carbocycles. The Morgan fingerprint density at radius 1 is 0.900 bits per heavy atom. The molecule has 0 spiro atoms. The number of aromatic nitrogens is 1. The topological polar surface area (TPSA) is 56.8 Å². The number of unbranched alkanes of at least 4 members (excludes halogenated alkanes) is 1. The average molecular weight is 427 g/mol. The number of nitrogens with zero attached hydrogens (tertiary/aromatic N) is 4. The van der Waals surface area contributed by atoms with E-state index in [-0.39, 0.29) is 23.7 Å². The second-order valence-electron chi connectivity index (χ2n) is 8.86. The number of hydrogen-bond donors (Lipinski definition) is 0. The van der Waals surface area contributed by atoms with E-state index in [1.807, 2.05) is 0 Å². The van der Waals surface area contributed by atoms with Gasteiger partial charge >= 0.3 is 0 Å². The molecule has 1 saturated carbocycles. The Hall–Kier alpha value is -1.99. The first-order valence-electron chi connectivity index (χ1n) is 11.4. The van der Waals surface area contributed by atoms with Gasteiger partial charge in [-0.15, -0.1) is 0 Å². The molecule has 2 atom stereocenters. The fourth-order valence-corrected chi connectivity index (χ4v) is 6.14. The van der Waals surface area contributed by atoms with Crippen LogP contribution in [0.5, 0.6) is 0 Å². The maximum Gasteiger partial charge on any atom is 0.233 e. The summed E-state index contributed by atoms with van der Waals surface area (Å²) in [5.74, 6) is 1.31. The summed E-state index contributed by atoms with van der Waals surface area (Å²) in [5.41, 5.74) is 0. The standard InChI is InChI=1S/C23H30N4O2S/c28-22-17-7-1-2-8-18(17)23(29)27(22)12-6-5-11-25-13-15-26(16-14-25)21-19-9-3-4-10-20(19)30-24-21/h3-4,9-10,17-18H,1-2,5-8,11-16H2/t17-,18-/m1/s1. The molecule has 0 radical (unpaired) electrons. The van der Waals surface area contributed by atoms with Crippen molar-refractivity contribution in [3.05, 3.63) is 24.3 Å². The lowest BCUT2D eigenvalue weighted by atomic mass is 9.81. The molecule has 3 aliphatic rings. The first-order valence-corrected chi connectivity index (χ1v) is 12.2. The van der Waals surface area contributed by atoms with Gasteiger partial charge < -0.3 is 4.90 Å². The third-order valence-electron chi connectivity index (χ3n) is 7.07. The van der Waals surface area contributed by atoms with Crippen LogP contribution in [0.15, 0.2) is 24.3 Å². The highest BCUT2D eigenvalue weighted by molar-refractivity contribution is 7.13. The molecule has 2 amide bonds. The Balaban J connectivity index is 1.06. The molecule has 160 valence electrons. The smallest absolute Gasteiger partial charge is 0.233 e. The fourth-order valence-electron chi connectivity index (χ4n) is 5.34. The largest absolute Gasteiger partial charge is 0.353 e. The lowest BCUT2D eigenvalue weighted by Crippen LogP contribution is -2.46. The molecule has 2 aromatic rings. The zero-order valence-electron chi connectivity index (χ0n) is 17.5. The quantitative estimate of drug-likeness (QED) is 0.524. The molecule has 0 unspecified atom stereocenters. The molecule has 2 aliphatic heterocycles. The number of benzene rings is 1. The van der Waals surface area contributed by atoms with Gasteiger partial charge in [0, 0.05) is 38.1 Å². The van der Waals surface area contributed by atoms with Crippen LogP contribution in [0.3, 0.4) is 0 Å². The number of anilines is 1. The lowest BCUT2D eigenvalue weighted by Gasteiger charge is -2.35. The van der Waals surface area contributed by atoms with E-state index in [2.05, 4.69) is 38.4 Å². The van der Waals surface area contributed by atoms with Crippen LogP contribution >= 0.6 is 11.5 Å². The maximum absolute atomic E-state index is 12.6. The van der Waals surface area contributed by atoms with Gasteiger partial charge in [-0.2, -0.15) is 4.37 Å². The minimum absolute atomic E-state index is 0.0128. The molecule has 1 aromatic heterocycles. The normalized spacial score (nSPS) is 25.3. The zero-order valence-corrected chi connectivity index (χ0v) is 18.3. The van der Waals surface area contributed by atoms with E-state index in [9.17, 15) is 9.59 Å². The lowest BCUT2D eigenvalue weighted by molar-refractivity contribution is -0.140. The van der Waals surface area contributed by atoms with Crippen molar-refractivity contribution in [3.63, 3.8) is 0 Å². The molecular formula is C23H30N4O2S. The van der Waals surface area contributed by atoms with Crippen LogP contribution in [0.2, 0.25) is 0 Å². The summed E-state index contributed by atoms with van der Waals surface area (Å²) in [5, 5.41) is 1.26. The molecule has 3 heterocycles. The fraction of sp³-hybridized carbons (Fsp3) is 0.609. The average Bonchev–Trinajstić information content (AvgIpc) is 3.32. The molecule has 7 heteroatoms. The highest BCUT2D eigenvalue weighted by Crippen LogP contribution is 2.38. The van der Waals surface area contributed by atoms with Crippen molar-refractivity contribution in [2.24, 2.45) is 11.8 Å². The van der Waals surface area contributed by atoms with Crippen molar-refractivity contribution in [3.8, 4) is 0 Å². The Labute approximate surface area is 182 Å². The van der Waals surface area contributed by atoms with Crippen molar-refractivity contribution in [1.29, 1.82) is 0 Å². The van der Waals surface area contributed by atoms with E-state index in [1.165, 1.54) is 10.1 Å². The minimum Gasteiger partial charge on any atom is -0.353 e. The number of hydrogen-bond acceptors (Lipinski definition) is 6. The van der Waals surface area contributed by atoms with Crippen molar-refractivity contribution >= 4 is 39.3 Å². The van der Waals surface area contributed by atoms with Crippen molar-refractivity contribution in [2.75, 3.05) is 44.2 Å². The summed E-state index contributed by atoms with van der Waals surface area (Å²) in [6, 6.07) is 8.45. The minimum atomic E-state index is -0.0128. The van der Waals surface area contributed by atoms with Gasteiger partial charge in [-0.1, -0.05) is 25.0 Å². The van der Waals surface area contributed by atoms with Crippen molar-refractivity contribution < 1.29 is 9.59 Å². The first kappa shape index (κ1) is 19.9. The molecule has 30 heavy (non-hydrogen) atoms. The molecule has 1 aliphatic carbocycles. The van der Waals surface area contributed by atoms with E-state index >= 15 is 0 Å². The van der Waals surface area contributed by atoms with Crippen molar-refractivity contribution in [1.82, 2.24) is 14.2 Å². The molecule has 0 bridgehead atoms. The van der Waals surface area contributed by atoms with Gasteiger partial charge in [-0.05, 0) is 55.9 Å². The molecular weight excluding hydrogens is 396 g/mol. The molecule has 3 fully saturated rings. The van der Waals surface area contributed by atoms with Gasteiger partial charge in [-0.3, -0.25) is 19.4 Å². The number of fused-ring (bicyclic) bond motifs is 2. The van der Waals surface area contributed by atoms with Crippen LogP contribution in [-0.2, 0) is 9.59 Å². The number of imide groups is 1. The molecule has 6 nitrogen and oxygen atoms in total. The predicted octanol–water partition coefficient (Wildman–Crippen LogP) is 3.37. The summed E-state index contributed by atoms with van der Waals surface area (Å²) in [6.45, 7) is 5.72. The maximum atomic E-state index is 12.6. The van der Waals surface area contributed by atoms with Crippen LogP contribution in [0.4, 0.5) is 5.82 Å². The summed E-state index contributed by atoms with van der Waals surface area (Å²) in [7, 11) is 0. The van der Waals surface area contributed by atoms with Gasteiger partial charge in [-0.25, -0.2) is 0 Å². The Morgan fingerprint density at radius 2 is 1.57 bits per heavy atom. The second-order valence-corrected chi connectivity index (χ2v) is 9.67. The Bertz CT molecular complexity index is 897. The van der Waals surface area contributed by atoms with E-state index < -0.39 is 0 Å². The predicted molar refractivity (Wildman–Crippen MR) is 120 cm³/mol. The second kappa shape index (κ2) is 8.63. The number of likely N-dealkylation sites (tertiary alicyclic amines) is 1.